The van der Waals surface area contributed by atoms with Crippen LogP contribution < -0.4 is 11.1 Å². The number of nitrogens with zero attached hydrogens (tertiary/aromatic N) is 1. The lowest BCUT2D eigenvalue weighted by Gasteiger charge is -2.21. The Balaban J connectivity index is 4.16. The van der Waals surface area contributed by atoms with E-state index in [1.54, 1.807) is 7.05 Å². The van der Waals surface area contributed by atoms with Crippen molar-refractivity contribution in [2.45, 2.75) is 33.6 Å². The number of hydrogen-bond donors (Lipinski definition) is 2. The number of carbonyl (C=O) groups is 2. The smallest absolute Gasteiger partial charge is 0.239 e. The molecule has 0 spiro atoms. The molecule has 106 valence electrons. The van der Waals surface area contributed by atoms with Gasteiger partial charge >= 0.3 is 0 Å². The van der Waals surface area contributed by atoms with Gasteiger partial charge in [0.2, 0.25) is 11.8 Å². The number of amides is 2. The van der Waals surface area contributed by atoms with E-state index in [-0.39, 0.29) is 24.3 Å². The van der Waals surface area contributed by atoms with Gasteiger partial charge in [-0.05, 0) is 31.7 Å². The molecule has 2 amide bonds. The SMILES string of the molecule is CCNC(=O)CN(C)C(=O)CC(CN)CC(C)C. The average molecular weight is 257 g/mol. The van der Waals surface area contributed by atoms with Crippen LogP contribution in [0.5, 0.6) is 0 Å². The van der Waals surface area contributed by atoms with E-state index >= 15 is 0 Å². The van der Waals surface area contributed by atoms with Crippen molar-refractivity contribution >= 4 is 11.8 Å². The van der Waals surface area contributed by atoms with Crippen molar-refractivity contribution in [3.63, 3.8) is 0 Å². The van der Waals surface area contributed by atoms with Crippen molar-refractivity contribution in [1.29, 1.82) is 0 Å². The normalized spacial score (nSPS) is 12.3. The van der Waals surface area contributed by atoms with Gasteiger partial charge in [-0.2, -0.15) is 0 Å². The van der Waals surface area contributed by atoms with Gasteiger partial charge in [0, 0.05) is 20.0 Å². The Bertz CT molecular complexity index is 267. The van der Waals surface area contributed by atoms with Gasteiger partial charge in [0.25, 0.3) is 0 Å². The predicted molar refractivity (Wildman–Crippen MR) is 72.9 cm³/mol. The molecule has 3 N–H and O–H groups in total. The second kappa shape index (κ2) is 8.91. The molecule has 5 heteroatoms. The Morgan fingerprint density at radius 3 is 2.39 bits per heavy atom. The fraction of sp³-hybridized carbons (Fsp3) is 0.846. The Labute approximate surface area is 110 Å². The molecular formula is C13H27N3O2. The van der Waals surface area contributed by atoms with Crippen molar-refractivity contribution in [2.75, 3.05) is 26.7 Å². The maximum atomic E-state index is 11.9. The summed E-state index contributed by atoms with van der Waals surface area (Å²) in [5.74, 6) is 0.591. The molecule has 0 fully saturated rings. The highest BCUT2D eigenvalue weighted by molar-refractivity contribution is 5.84. The summed E-state index contributed by atoms with van der Waals surface area (Å²) in [5.41, 5.74) is 5.67. The number of rotatable bonds is 8. The van der Waals surface area contributed by atoms with Crippen molar-refractivity contribution in [3.8, 4) is 0 Å². The van der Waals surface area contributed by atoms with Crippen LogP contribution in [0.1, 0.15) is 33.6 Å². The summed E-state index contributed by atoms with van der Waals surface area (Å²) in [7, 11) is 1.65. The quantitative estimate of drug-likeness (QED) is 0.668. The second-order valence-corrected chi connectivity index (χ2v) is 5.14. The molecule has 0 radical (unpaired) electrons. The van der Waals surface area contributed by atoms with Gasteiger partial charge < -0.3 is 16.0 Å². The zero-order valence-electron chi connectivity index (χ0n) is 12.0. The van der Waals surface area contributed by atoms with Gasteiger partial charge in [0.1, 0.15) is 0 Å². The van der Waals surface area contributed by atoms with E-state index in [2.05, 4.69) is 19.2 Å². The van der Waals surface area contributed by atoms with Crippen LogP contribution in [0.2, 0.25) is 0 Å². The summed E-state index contributed by atoms with van der Waals surface area (Å²) in [5, 5.41) is 2.67. The molecular weight excluding hydrogens is 230 g/mol. The molecule has 1 unspecified atom stereocenters. The van der Waals surface area contributed by atoms with Gasteiger partial charge in [-0.3, -0.25) is 9.59 Å². The van der Waals surface area contributed by atoms with E-state index in [9.17, 15) is 9.59 Å². The predicted octanol–water partition coefficient (Wildman–Crippen LogP) is 0.592. The number of nitrogens with one attached hydrogen (secondary N) is 1. The van der Waals surface area contributed by atoms with E-state index in [0.29, 0.717) is 25.4 Å². The zero-order chi connectivity index (χ0) is 14.1. The van der Waals surface area contributed by atoms with Crippen molar-refractivity contribution in [3.05, 3.63) is 0 Å². The number of carbonyl (C=O) groups excluding carboxylic acids is 2. The van der Waals surface area contributed by atoms with Crippen LogP contribution in [-0.2, 0) is 9.59 Å². The largest absolute Gasteiger partial charge is 0.355 e. The highest BCUT2D eigenvalue weighted by Gasteiger charge is 2.18. The van der Waals surface area contributed by atoms with E-state index < -0.39 is 0 Å². The average Bonchev–Trinajstić information content (AvgIpc) is 2.27. The van der Waals surface area contributed by atoms with Crippen LogP contribution in [-0.4, -0.2) is 43.4 Å². The summed E-state index contributed by atoms with van der Waals surface area (Å²) < 4.78 is 0. The van der Waals surface area contributed by atoms with E-state index in [4.69, 9.17) is 5.73 Å². The maximum Gasteiger partial charge on any atom is 0.239 e. The summed E-state index contributed by atoms with van der Waals surface area (Å²) in [6.45, 7) is 7.30. The minimum atomic E-state index is -0.124. The first kappa shape index (κ1) is 16.9. The number of nitrogens with two attached hydrogens (primary N) is 1. The van der Waals surface area contributed by atoms with Crippen molar-refractivity contribution in [1.82, 2.24) is 10.2 Å². The summed E-state index contributed by atoms with van der Waals surface area (Å²) >= 11 is 0. The lowest BCUT2D eigenvalue weighted by Crippen LogP contribution is -2.39. The van der Waals surface area contributed by atoms with Crippen LogP contribution in [0.4, 0.5) is 0 Å². The molecule has 0 aromatic carbocycles. The van der Waals surface area contributed by atoms with Crippen LogP contribution in [0.3, 0.4) is 0 Å². The maximum absolute atomic E-state index is 11.9. The Kier molecular flexibility index (Phi) is 8.37. The fourth-order valence-electron chi connectivity index (χ4n) is 1.89. The summed E-state index contributed by atoms with van der Waals surface area (Å²) in [6.07, 6.45) is 1.36. The first-order chi connectivity index (χ1) is 8.40. The van der Waals surface area contributed by atoms with Crippen LogP contribution >= 0.6 is 0 Å². The Morgan fingerprint density at radius 2 is 1.94 bits per heavy atom. The first-order valence-electron chi connectivity index (χ1n) is 6.61. The lowest BCUT2D eigenvalue weighted by molar-refractivity contribution is -0.135. The zero-order valence-corrected chi connectivity index (χ0v) is 12.0. The van der Waals surface area contributed by atoms with Crippen molar-refractivity contribution in [2.24, 2.45) is 17.6 Å². The molecule has 1 atom stereocenters. The highest BCUT2D eigenvalue weighted by atomic mass is 16.2. The van der Waals surface area contributed by atoms with Gasteiger partial charge in [0.05, 0.1) is 6.54 Å². The molecule has 0 aromatic rings. The monoisotopic (exact) mass is 257 g/mol. The van der Waals surface area contributed by atoms with Gasteiger partial charge in [-0.15, -0.1) is 0 Å². The molecule has 0 heterocycles. The molecule has 0 aliphatic carbocycles. The van der Waals surface area contributed by atoms with Gasteiger partial charge in [0.15, 0.2) is 0 Å². The topological polar surface area (TPSA) is 75.4 Å². The number of hydrogen-bond acceptors (Lipinski definition) is 3. The lowest BCUT2D eigenvalue weighted by atomic mass is 9.94. The minimum absolute atomic E-state index is 0.0163. The van der Waals surface area contributed by atoms with E-state index in [1.165, 1.54) is 4.90 Å². The molecule has 0 aliphatic heterocycles. The molecule has 0 saturated carbocycles. The molecule has 0 bridgehead atoms. The van der Waals surface area contributed by atoms with Crippen LogP contribution in [0, 0.1) is 11.8 Å². The van der Waals surface area contributed by atoms with Crippen LogP contribution in [0.15, 0.2) is 0 Å². The third-order valence-corrected chi connectivity index (χ3v) is 2.78. The molecule has 0 aromatic heterocycles. The highest BCUT2D eigenvalue weighted by Crippen LogP contribution is 2.15. The van der Waals surface area contributed by atoms with Gasteiger partial charge in [-0.25, -0.2) is 0 Å². The second-order valence-electron chi connectivity index (χ2n) is 5.14. The van der Waals surface area contributed by atoms with Gasteiger partial charge in [-0.1, -0.05) is 13.8 Å². The van der Waals surface area contributed by atoms with Crippen LogP contribution in [0.25, 0.3) is 0 Å². The molecule has 5 nitrogen and oxygen atoms in total. The number of likely N-dealkylation sites (N-methyl/N-ethyl adjacent to an activating group) is 2. The third kappa shape index (κ3) is 7.27. The summed E-state index contributed by atoms with van der Waals surface area (Å²) in [6, 6.07) is 0. The summed E-state index contributed by atoms with van der Waals surface area (Å²) in [4.78, 5) is 24.8. The Hall–Kier alpha value is -1.10. The van der Waals surface area contributed by atoms with E-state index in [0.717, 1.165) is 6.42 Å². The minimum Gasteiger partial charge on any atom is -0.355 e. The van der Waals surface area contributed by atoms with Crippen molar-refractivity contribution < 1.29 is 9.59 Å². The first-order valence-corrected chi connectivity index (χ1v) is 6.61. The molecule has 18 heavy (non-hydrogen) atoms. The standard InChI is InChI=1S/C13H27N3O2/c1-5-15-12(17)9-16(4)13(18)7-11(8-14)6-10(2)3/h10-11H,5-9,14H2,1-4H3,(H,15,17). The Morgan fingerprint density at radius 1 is 1.33 bits per heavy atom. The molecule has 0 saturated heterocycles. The molecule has 0 rings (SSSR count). The molecule has 0 aliphatic rings. The fourth-order valence-corrected chi connectivity index (χ4v) is 1.89. The van der Waals surface area contributed by atoms with E-state index in [1.807, 2.05) is 6.92 Å². The third-order valence-electron chi connectivity index (χ3n) is 2.78.